The lowest BCUT2D eigenvalue weighted by Crippen LogP contribution is -2.56. The maximum absolute atomic E-state index is 13.8. The van der Waals surface area contributed by atoms with E-state index in [1.54, 1.807) is 23.1 Å². The van der Waals surface area contributed by atoms with Gasteiger partial charge in [-0.05, 0) is 154 Å². The third kappa shape index (κ3) is 7.79. The minimum Gasteiger partial charge on any atom is -0.508 e. The van der Waals surface area contributed by atoms with Crippen LogP contribution in [0.1, 0.15) is 102 Å². The standard InChI is InChI=1S/C47H53FN4O4/c1-30-7-22-44(46(54)49-30)52-29-36-25-38(15-20-43(36)47(52)55)51-28-31(2)50(27-32(51)3)23-5-4-6-24-56-40-17-10-34(11-18-40)45-41(33-8-13-37(48)14-9-33)19-12-35-26-39(53)16-21-42(35)45/h8-11,13-18,20-21,25-26,31-32,41,44-45,53H,1,4-7,12,19,22-24,27-29H2,2-3H3,(H,49,54)/t31-,32+,41-,44?,45+/m0/s1. The summed E-state index contributed by atoms with van der Waals surface area (Å²) in [5, 5.41) is 13.0. The van der Waals surface area contributed by atoms with Crippen LogP contribution in [0.2, 0.25) is 0 Å². The summed E-state index contributed by atoms with van der Waals surface area (Å²) in [6, 6.07) is 27.5. The lowest BCUT2D eigenvalue weighted by Gasteiger charge is -2.45. The number of aromatic hydroxyl groups is 1. The average molecular weight is 757 g/mol. The zero-order chi connectivity index (χ0) is 38.9. The molecule has 2 fully saturated rings. The average Bonchev–Trinajstić information content (AvgIpc) is 3.52. The number of phenols is 1. The lowest BCUT2D eigenvalue weighted by atomic mass is 9.69. The maximum atomic E-state index is 13.8. The Balaban J connectivity index is 0.806. The molecule has 4 aromatic rings. The van der Waals surface area contributed by atoms with Crippen LogP contribution < -0.4 is 15.0 Å². The number of fused-ring (bicyclic) bond motifs is 2. The molecular formula is C47H53FN4O4. The van der Waals surface area contributed by atoms with Crippen molar-refractivity contribution in [2.75, 3.05) is 31.1 Å². The zero-order valence-electron chi connectivity index (χ0n) is 32.6. The number of nitrogens with zero attached hydrogens (tertiary/aromatic N) is 3. The number of benzene rings is 4. The number of phenolic OH excluding ortho intramolecular Hbond substituents is 1. The van der Waals surface area contributed by atoms with E-state index in [-0.39, 0.29) is 29.5 Å². The fraction of sp³-hybridized carbons (Fsp3) is 0.404. The monoisotopic (exact) mass is 756 g/mol. The molecule has 1 unspecified atom stereocenters. The lowest BCUT2D eigenvalue weighted by molar-refractivity contribution is -0.126. The number of piperazine rings is 1. The van der Waals surface area contributed by atoms with Crippen molar-refractivity contribution >= 4 is 17.5 Å². The molecule has 4 aliphatic rings. The predicted octanol–water partition coefficient (Wildman–Crippen LogP) is 8.29. The smallest absolute Gasteiger partial charge is 0.255 e. The number of amides is 2. The summed E-state index contributed by atoms with van der Waals surface area (Å²) in [5.74, 6) is 1.05. The largest absolute Gasteiger partial charge is 0.508 e. The van der Waals surface area contributed by atoms with Gasteiger partial charge in [0.1, 0.15) is 23.4 Å². The minimum absolute atomic E-state index is 0.0595. The molecule has 8 nitrogen and oxygen atoms in total. The van der Waals surface area contributed by atoms with Gasteiger partial charge in [0.15, 0.2) is 0 Å². The van der Waals surface area contributed by atoms with Crippen LogP contribution in [-0.4, -0.2) is 71.1 Å². The summed E-state index contributed by atoms with van der Waals surface area (Å²) in [6.45, 7) is 12.5. The van der Waals surface area contributed by atoms with Crippen molar-refractivity contribution < 1.29 is 23.8 Å². The first-order valence-electron chi connectivity index (χ1n) is 20.4. The molecule has 0 saturated carbocycles. The topological polar surface area (TPSA) is 85.4 Å². The molecule has 0 radical (unpaired) electrons. The van der Waals surface area contributed by atoms with E-state index in [1.807, 2.05) is 30.3 Å². The van der Waals surface area contributed by atoms with E-state index < -0.39 is 6.04 Å². The van der Waals surface area contributed by atoms with E-state index in [9.17, 15) is 19.1 Å². The Hall–Kier alpha value is -5.15. The number of piperidine rings is 1. The number of rotatable bonds is 11. The SMILES string of the molecule is C=C1CCC(N2Cc3cc(N4C[C@H](C)N(CCCCCOc5ccc([C@H]6c7ccc(O)cc7CC[C@H]6c6ccc(F)cc6)cc5)C[C@H]4C)ccc3C2=O)C(=O)N1. The molecule has 2 N–H and O–H groups in total. The summed E-state index contributed by atoms with van der Waals surface area (Å²) in [7, 11) is 0. The highest BCUT2D eigenvalue weighted by molar-refractivity contribution is 6.01. The van der Waals surface area contributed by atoms with Crippen LogP contribution in [0, 0.1) is 5.82 Å². The molecule has 0 aromatic heterocycles. The van der Waals surface area contributed by atoms with Crippen molar-refractivity contribution in [3.8, 4) is 11.5 Å². The van der Waals surface area contributed by atoms with Gasteiger partial charge in [-0.3, -0.25) is 14.5 Å². The Morgan fingerprint density at radius 3 is 2.39 bits per heavy atom. The number of nitrogens with one attached hydrogen (secondary N) is 1. The molecule has 8 rings (SSSR count). The van der Waals surface area contributed by atoms with Gasteiger partial charge in [-0.25, -0.2) is 4.39 Å². The van der Waals surface area contributed by atoms with Gasteiger partial charge in [0, 0.05) is 54.6 Å². The number of carbonyl (C=O) groups excluding carboxylic acids is 2. The first-order chi connectivity index (χ1) is 27.1. The van der Waals surface area contributed by atoms with Crippen LogP contribution in [0.15, 0.2) is 97.2 Å². The number of hydrogen-bond acceptors (Lipinski definition) is 6. The Morgan fingerprint density at radius 1 is 0.821 bits per heavy atom. The number of ether oxygens (including phenoxy) is 1. The minimum atomic E-state index is -0.447. The number of hydrogen-bond donors (Lipinski definition) is 2. The van der Waals surface area contributed by atoms with Gasteiger partial charge in [-0.1, -0.05) is 36.9 Å². The molecule has 4 aromatic carbocycles. The summed E-state index contributed by atoms with van der Waals surface area (Å²) in [5.41, 5.74) is 8.27. The van der Waals surface area contributed by atoms with E-state index in [0.717, 1.165) is 80.0 Å². The number of anilines is 1. The van der Waals surface area contributed by atoms with Crippen molar-refractivity contribution in [1.82, 2.24) is 15.1 Å². The molecule has 292 valence electrons. The Morgan fingerprint density at radius 2 is 1.61 bits per heavy atom. The van der Waals surface area contributed by atoms with E-state index in [1.165, 1.54) is 16.7 Å². The number of halogens is 1. The van der Waals surface area contributed by atoms with E-state index in [0.29, 0.717) is 49.4 Å². The van der Waals surface area contributed by atoms with Crippen LogP contribution in [0.3, 0.4) is 0 Å². The summed E-state index contributed by atoms with van der Waals surface area (Å²) in [4.78, 5) is 32.7. The van der Waals surface area contributed by atoms with Crippen molar-refractivity contribution in [2.24, 2.45) is 0 Å². The first kappa shape index (κ1) is 37.8. The molecule has 0 spiro atoms. The fourth-order valence-electron chi connectivity index (χ4n) is 9.53. The number of carbonyl (C=O) groups is 2. The van der Waals surface area contributed by atoms with E-state index >= 15 is 0 Å². The highest BCUT2D eigenvalue weighted by Crippen LogP contribution is 2.47. The molecule has 1 aliphatic carbocycles. The van der Waals surface area contributed by atoms with Gasteiger partial charge in [-0.15, -0.1) is 0 Å². The van der Waals surface area contributed by atoms with Gasteiger partial charge in [0.25, 0.3) is 5.91 Å². The highest BCUT2D eigenvalue weighted by Gasteiger charge is 2.39. The molecule has 2 saturated heterocycles. The van der Waals surface area contributed by atoms with Crippen molar-refractivity contribution in [2.45, 2.75) is 95.3 Å². The highest BCUT2D eigenvalue weighted by atomic mass is 19.1. The number of unbranched alkanes of at least 4 members (excludes halogenated alkanes) is 2. The summed E-state index contributed by atoms with van der Waals surface area (Å²) < 4.78 is 20.0. The molecule has 2 amide bonds. The molecule has 0 bridgehead atoms. The summed E-state index contributed by atoms with van der Waals surface area (Å²) >= 11 is 0. The van der Waals surface area contributed by atoms with E-state index in [2.05, 4.69) is 71.9 Å². The first-order valence-corrected chi connectivity index (χ1v) is 20.4. The maximum Gasteiger partial charge on any atom is 0.255 e. The normalized spacial score (nSPS) is 23.8. The number of aryl methyl sites for hydroxylation is 1. The van der Waals surface area contributed by atoms with Gasteiger partial charge >= 0.3 is 0 Å². The van der Waals surface area contributed by atoms with Crippen molar-refractivity contribution in [1.29, 1.82) is 0 Å². The van der Waals surface area contributed by atoms with Gasteiger partial charge in [-0.2, -0.15) is 0 Å². The van der Waals surface area contributed by atoms with Crippen LogP contribution in [0.4, 0.5) is 10.1 Å². The Bertz CT molecular complexity index is 2080. The summed E-state index contributed by atoms with van der Waals surface area (Å²) in [6.07, 6.45) is 6.29. The van der Waals surface area contributed by atoms with Crippen LogP contribution in [-0.2, 0) is 17.8 Å². The second-order valence-electron chi connectivity index (χ2n) is 16.3. The Labute approximate surface area is 330 Å². The third-order valence-corrected chi connectivity index (χ3v) is 12.6. The second-order valence-corrected chi connectivity index (χ2v) is 16.3. The molecule has 3 heterocycles. The molecular weight excluding hydrogens is 704 g/mol. The molecule has 5 atom stereocenters. The van der Waals surface area contributed by atoms with Crippen LogP contribution in [0.5, 0.6) is 11.5 Å². The molecule has 3 aliphatic heterocycles. The van der Waals surface area contributed by atoms with Crippen molar-refractivity contribution in [3.63, 3.8) is 0 Å². The molecule has 9 heteroatoms. The van der Waals surface area contributed by atoms with Crippen LogP contribution >= 0.6 is 0 Å². The third-order valence-electron chi connectivity index (χ3n) is 12.6. The quantitative estimate of drug-likeness (QED) is 0.150. The van der Waals surface area contributed by atoms with Gasteiger partial charge in [0.2, 0.25) is 5.91 Å². The van der Waals surface area contributed by atoms with E-state index in [4.69, 9.17) is 4.74 Å². The Kier molecular flexibility index (Phi) is 10.9. The predicted molar refractivity (Wildman–Crippen MR) is 218 cm³/mol. The van der Waals surface area contributed by atoms with Gasteiger partial charge in [0.05, 0.1) is 6.61 Å². The van der Waals surface area contributed by atoms with Gasteiger partial charge < -0.3 is 25.0 Å². The zero-order valence-corrected chi connectivity index (χ0v) is 32.6. The second kappa shape index (κ2) is 16.1. The fourth-order valence-corrected chi connectivity index (χ4v) is 9.53. The van der Waals surface area contributed by atoms with Crippen LogP contribution in [0.25, 0.3) is 0 Å². The number of allylic oxidation sites excluding steroid dienone is 1. The van der Waals surface area contributed by atoms with Crippen molar-refractivity contribution in [3.05, 3.63) is 136 Å². The molecule has 56 heavy (non-hydrogen) atoms.